The second-order valence-corrected chi connectivity index (χ2v) is 4.85. The fraction of sp³-hybridized carbons (Fsp3) is 0.417. The Kier molecular flexibility index (Phi) is 2.03. The van der Waals surface area contributed by atoms with Crippen LogP contribution in [0.15, 0.2) is 18.2 Å². The summed E-state index contributed by atoms with van der Waals surface area (Å²) < 4.78 is 4.85. The third kappa shape index (κ3) is 1.22. The number of ether oxygens (including phenoxy) is 1. The van der Waals surface area contributed by atoms with Crippen LogP contribution in [0.25, 0.3) is 0 Å². The Bertz CT molecular complexity index is 474. The van der Waals surface area contributed by atoms with E-state index < -0.39 is 5.54 Å². The van der Waals surface area contributed by atoms with Gasteiger partial charge < -0.3 is 4.74 Å². The summed E-state index contributed by atoms with van der Waals surface area (Å²) >= 11 is 5.98. The summed E-state index contributed by atoms with van der Waals surface area (Å²) in [5.74, 6) is 0.0607. The van der Waals surface area contributed by atoms with Gasteiger partial charge in [-0.15, -0.1) is 0 Å². The van der Waals surface area contributed by atoms with Gasteiger partial charge in [-0.2, -0.15) is 0 Å². The number of hydrogen-bond acceptors (Lipinski definition) is 3. The molecule has 0 unspecified atom stereocenters. The van der Waals surface area contributed by atoms with Gasteiger partial charge in [-0.3, -0.25) is 10.1 Å². The molecule has 0 aromatic heterocycles. The highest BCUT2D eigenvalue weighted by atomic mass is 35.5. The fourth-order valence-corrected chi connectivity index (χ4v) is 2.80. The third-order valence-electron chi connectivity index (χ3n) is 3.59. The van der Waals surface area contributed by atoms with Crippen LogP contribution >= 0.6 is 11.6 Å². The summed E-state index contributed by atoms with van der Waals surface area (Å²) in [5.41, 5.74) is 1.94. The summed E-state index contributed by atoms with van der Waals surface area (Å²) in [5, 5.41) is 4.01. The summed E-state index contributed by atoms with van der Waals surface area (Å²) in [6.07, 6.45) is 0.813. The first-order chi connectivity index (χ1) is 7.67. The number of fused-ring (bicyclic) bond motifs is 3. The Morgan fingerprint density at radius 2 is 2.44 bits per heavy atom. The number of carbonyl (C=O) groups is 1. The number of benzene rings is 1. The van der Waals surface area contributed by atoms with Crippen LogP contribution in [0.4, 0.5) is 0 Å². The van der Waals surface area contributed by atoms with E-state index in [0.717, 1.165) is 11.4 Å². The van der Waals surface area contributed by atoms with Gasteiger partial charge in [0.05, 0.1) is 7.11 Å². The van der Waals surface area contributed by atoms with Crippen molar-refractivity contribution in [2.45, 2.75) is 24.4 Å². The zero-order chi connectivity index (χ0) is 11.3. The minimum absolute atomic E-state index is 0.164. The second-order valence-electron chi connectivity index (χ2n) is 4.42. The van der Waals surface area contributed by atoms with Gasteiger partial charge in [0.2, 0.25) is 0 Å². The SMILES string of the molecule is COC(=O)[C@@]12C[C@@H]1c1cc(Cl)ccc1CN2. The predicted molar refractivity (Wildman–Crippen MR) is 60.4 cm³/mol. The van der Waals surface area contributed by atoms with Crippen molar-refractivity contribution in [3.05, 3.63) is 34.3 Å². The van der Waals surface area contributed by atoms with Gasteiger partial charge >= 0.3 is 5.97 Å². The molecule has 0 spiro atoms. The summed E-state index contributed by atoms with van der Waals surface area (Å²) in [6, 6.07) is 5.87. The van der Waals surface area contributed by atoms with Gasteiger partial charge in [-0.05, 0) is 29.7 Å². The van der Waals surface area contributed by atoms with E-state index in [9.17, 15) is 4.79 Å². The van der Waals surface area contributed by atoms with Gasteiger partial charge in [0.1, 0.15) is 5.54 Å². The maximum absolute atomic E-state index is 11.7. The van der Waals surface area contributed by atoms with Gasteiger partial charge in [-0.25, -0.2) is 0 Å². The van der Waals surface area contributed by atoms with Gasteiger partial charge in [-0.1, -0.05) is 17.7 Å². The Hall–Kier alpha value is -1.06. The highest BCUT2D eigenvalue weighted by molar-refractivity contribution is 6.30. The van der Waals surface area contributed by atoms with E-state index in [4.69, 9.17) is 16.3 Å². The van der Waals surface area contributed by atoms with Crippen molar-refractivity contribution in [2.24, 2.45) is 0 Å². The number of halogens is 1. The molecular formula is C12H12ClNO2. The predicted octanol–water partition coefficient (Wildman–Crippen LogP) is 1.84. The molecule has 2 atom stereocenters. The molecule has 1 fully saturated rings. The van der Waals surface area contributed by atoms with Crippen LogP contribution in [0.2, 0.25) is 5.02 Å². The van der Waals surface area contributed by atoms with Crippen LogP contribution < -0.4 is 5.32 Å². The normalized spacial score (nSPS) is 30.2. The number of nitrogens with one attached hydrogen (secondary N) is 1. The summed E-state index contributed by atoms with van der Waals surface area (Å²) in [4.78, 5) is 11.7. The van der Waals surface area contributed by atoms with Crippen molar-refractivity contribution in [3.63, 3.8) is 0 Å². The van der Waals surface area contributed by atoms with E-state index in [1.54, 1.807) is 0 Å². The second kappa shape index (κ2) is 3.22. The van der Waals surface area contributed by atoms with Crippen molar-refractivity contribution in [1.29, 1.82) is 0 Å². The van der Waals surface area contributed by atoms with Gasteiger partial charge in [0.25, 0.3) is 0 Å². The van der Waals surface area contributed by atoms with Crippen molar-refractivity contribution in [2.75, 3.05) is 7.11 Å². The lowest BCUT2D eigenvalue weighted by Crippen LogP contribution is -2.43. The molecule has 1 aliphatic heterocycles. The minimum Gasteiger partial charge on any atom is -0.468 e. The van der Waals surface area contributed by atoms with Crippen LogP contribution in [-0.2, 0) is 16.1 Å². The lowest BCUT2D eigenvalue weighted by atomic mass is 9.96. The van der Waals surface area contributed by atoms with Gasteiger partial charge in [0.15, 0.2) is 0 Å². The Labute approximate surface area is 98.7 Å². The van der Waals surface area contributed by atoms with E-state index >= 15 is 0 Å². The highest BCUT2D eigenvalue weighted by Crippen LogP contribution is 2.55. The number of methoxy groups -OCH3 is 1. The first-order valence-electron chi connectivity index (χ1n) is 5.29. The molecule has 84 valence electrons. The number of hydrogen-bond donors (Lipinski definition) is 1. The van der Waals surface area contributed by atoms with Crippen LogP contribution in [0, 0.1) is 0 Å². The molecule has 0 radical (unpaired) electrons. The Morgan fingerprint density at radius 1 is 1.62 bits per heavy atom. The topological polar surface area (TPSA) is 38.3 Å². The molecule has 0 amide bonds. The zero-order valence-electron chi connectivity index (χ0n) is 8.92. The third-order valence-corrected chi connectivity index (χ3v) is 3.82. The van der Waals surface area contributed by atoms with E-state index in [2.05, 4.69) is 5.32 Å². The van der Waals surface area contributed by atoms with E-state index in [1.807, 2.05) is 18.2 Å². The Morgan fingerprint density at radius 3 is 3.19 bits per heavy atom. The molecule has 1 aliphatic carbocycles. The first kappa shape index (κ1) is 10.1. The van der Waals surface area contributed by atoms with Crippen molar-refractivity contribution in [1.82, 2.24) is 5.32 Å². The molecular weight excluding hydrogens is 226 g/mol. The van der Waals surface area contributed by atoms with Crippen molar-refractivity contribution in [3.8, 4) is 0 Å². The molecule has 3 rings (SSSR count). The largest absolute Gasteiger partial charge is 0.468 e. The van der Waals surface area contributed by atoms with Gasteiger partial charge in [0, 0.05) is 17.5 Å². The maximum atomic E-state index is 11.7. The average molecular weight is 238 g/mol. The molecule has 1 heterocycles. The first-order valence-corrected chi connectivity index (χ1v) is 5.67. The molecule has 0 bridgehead atoms. The van der Waals surface area contributed by atoms with Crippen molar-refractivity contribution < 1.29 is 9.53 Å². The summed E-state index contributed by atoms with van der Waals surface area (Å²) in [7, 11) is 1.43. The number of rotatable bonds is 1. The van der Waals surface area contributed by atoms with Crippen LogP contribution in [0.5, 0.6) is 0 Å². The maximum Gasteiger partial charge on any atom is 0.326 e. The number of esters is 1. The molecule has 4 heteroatoms. The van der Waals surface area contributed by atoms with E-state index in [1.165, 1.54) is 18.2 Å². The molecule has 1 aromatic rings. The Balaban J connectivity index is 2.00. The molecule has 2 aliphatic rings. The highest BCUT2D eigenvalue weighted by Gasteiger charge is 2.63. The molecule has 0 saturated heterocycles. The van der Waals surface area contributed by atoms with Crippen LogP contribution in [0.3, 0.4) is 0 Å². The monoisotopic (exact) mass is 237 g/mol. The van der Waals surface area contributed by atoms with Crippen LogP contribution in [-0.4, -0.2) is 18.6 Å². The standard InChI is InChI=1S/C12H12ClNO2/c1-16-11(15)12-5-10(12)9-4-8(13)3-2-7(9)6-14-12/h2-4,10,14H,5-6H2,1H3/t10-,12-/m1/s1. The lowest BCUT2D eigenvalue weighted by Gasteiger charge is -2.24. The minimum atomic E-state index is -0.480. The zero-order valence-corrected chi connectivity index (χ0v) is 9.67. The van der Waals surface area contributed by atoms with Crippen LogP contribution in [0.1, 0.15) is 23.5 Å². The molecule has 16 heavy (non-hydrogen) atoms. The average Bonchev–Trinajstić information content (AvgIpc) is 3.04. The smallest absolute Gasteiger partial charge is 0.326 e. The molecule has 1 saturated carbocycles. The van der Waals surface area contributed by atoms with E-state index in [-0.39, 0.29) is 11.9 Å². The lowest BCUT2D eigenvalue weighted by molar-refractivity contribution is -0.144. The van der Waals surface area contributed by atoms with E-state index in [0.29, 0.717) is 6.54 Å². The van der Waals surface area contributed by atoms with Crippen molar-refractivity contribution >= 4 is 17.6 Å². The molecule has 1 aromatic carbocycles. The molecule has 1 N–H and O–H groups in total. The summed E-state index contributed by atoms with van der Waals surface area (Å²) in [6.45, 7) is 0.706. The molecule has 3 nitrogen and oxygen atoms in total. The quantitative estimate of drug-likeness (QED) is 0.758. The fourth-order valence-electron chi connectivity index (χ4n) is 2.62. The number of carbonyl (C=O) groups excluding carboxylic acids is 1.